The van der Waals surface area contributed by atoms with Crippen LogP contribution in [0.25, 0.3) is 0 Å². The molecule has 0 unspecified atom stereocenters. The summed E-state index contributed by atoms with van der Waals surface area (Å²) in [6.45, 7) is 0.532. The molecule has 1 aromatic carbocycles. The Labute approximate surface area is 120 Å². The van der Waals surface area contributed by atoms with Crippen LogP contribution >= 0.6 is 0 Å². The van der Waals surface area contributed by atoms with Gasteiger partial charge >= 0.3 is 0 Å². The highest BCUT2D eigenvalue weighted by molar-refractivity contribution is 7.89. The second-order valence-electron chi connectivity index (χ2n) is 5.54. The Morgan fingerprint density at radius 2 is 1.80 bits per heavy atom. The van der Waals surface area contributed by atoms with E-state index in [0.29, 0.717) is 19.4 Å². The Morgan fingerprint density at radius 1 is 1.25 bits per heavy atom. The van der Waals surface area contributed by atoms with E-state index in [9.17, 15) is 13.5 Å². The van der Waals surface area contributed by atoms with Crippen molar-refractivity contribution < 1.29 is 13.5 Å². The number of nitrogens with zero attached hydrogens (tertiary/aromatic N) is 1. The van der Waals surface area contributed by atoms with Crippen LogP contribution in [-0.2, 0) is 16.6 Å². The third-order valence-electron chi connectivity index (χ3n) is 3.92. The quantitative estimate of drug-likeness (QED) is 0.852. The minimum absolute atomic E-state index is 0.147. The molecule has 1 saturated carbocycles. The van der Waals surface area contributed by atoms with E-state index in [1.807, 2.05) is 0 Å². The Balaban J connectivity index is 2.15. The summed E-state index contributed by atoms with van der Waals surface area (Å²) in [5, 5.41) is 10.3. The molecule has 1 aliphatic carbocycles. The van der Waals surface area contributed by atoms with Crippen molar-refractivity contribution in [3.8, 4) is 0 Å². The van der Waals surface area contributed by atoms with Crippen LogP contribution < -0.4 is 5.73 Å². The maximum absolute atomic E-state index is 12.4. The summed E-state index contributed by atoms with van der Waals surface area (Å²) in [6.07, 6.45) is 3.24. The van der Waals surface area contributed by atoms with Gasteiger partial charge in [-0.05, 0) is 30.5 Å². The molecule has 6 heteroatoms. The summed E-state index contributed by atoms with van der Waals surface area (Å²) in [5.74, 6) is 0. The maximum atomic E-state index is 12.4. The molecule has 3 N–H and O–H groups in total. The normalized spacial score (nSPS) is 18.6. The van der Waals surface area contributed by atoms with Gasteiger partial charge in [0.2, 0.25) is 10.0 Å². The molecule has 1 aliphatic rings. The first-order chi connectivity index (χ1) is 9.37. The fourth-order valence-electron chi connectivity index (χ4n) is 2.67. The zero-order valence-corrected chi connectivity index (χ0v) is 12.6. The lowest BCUT2D eigenvalue weighted by Crippen LogP contribution is -2.41. The van der Waals surface area contributed by atoms with E-state index in [4.69, 9.17) is 5.73 Å². The number of hydrogen-bond acceptors (Lipinski definition) is 4. The molecule has 0 heterocycles. The van der Waals surface area contributed by atoms with Crippen LogP contribution in [0.15, 0.2) is 29.2 Å². The fraction of sp³-hybridized carbons (Fsp3) is 0.571. The Hall–Kier alpha value is -0.950. The van der Waals surface area contributed by atoms with Gasteiger partial charge in [0.05, 0.1) is 10.5 Å². The van der Waals surface area contributed by atoms with Crippen LogP contribution in [0.2, 0.25) is 0 Å². The number of likely N-dealkylation sites (N-methyl/N-ethyl adjacent to an activating group) is 1. The molecular formula is C14H22N2O3S. The molecule has 5 nitrogen and oxygen atoms in total. The summed E-state index contributed by atoms with van der Waals surface area (Å²) in [4.78, 5) is 0.235. The van der Waals surface area contributed by atoms with Gasteiger partial charge in [-0.2, -0.15) is 4.31 Å². The predicted octanol–water partition coefficient (Wildman–Crippen LogP) is 1.07. The average Bonchev–Trinajstić information content (AvgIpc) is 2.85. The van der Waals surface area contributed by atoms with Crippen molar-refractivity contribution in [2.24, 2.45) is 5.73 Å². The van der Waals surface area contributed by atoms with Crippen LogP contribution in [0.1, 0.15) is 31.2 Å². The standard InChI is InChI=1S/C14H22N2O3S/c1-16(11-14(17)8-2-3-9-14)20(18,19)13-6-4-12(10-15)5-7-13/h4-7,17H,2-3,8-11,15H2,1H3. The fourth-order valence-corrected chi connectivity index (χ4v) is 3.92. The van der Waals surface area contributed by atoms with Crippen molar-refractivity contribution in [1.29, 1.82) is 0 Å². The summed E-state index contributed by atoms with van der Waals surface area (Å²) in [6, 6.07) is 6.55. The first-order valence-electron chi connectivity index (χ1n) is 6.85. The van der Waals surface area contributed by atoms with E-state index < -0.39 is 15.6 Å². The lowest BCUT2D eigenvalue weighted by Gasteiger charge is -2.28. The van der Waals surface area contributed by atoms with Crippen molar-refractivity contribution in [3.63, 3.8) is 0 Å². The summed E-state index contributed by atoms with van der Waals surface area (Å²) in [5.41, 5.74) is 5.52. The van der Waals surface area contributed by atoms with Gasteiger partial charge in [-0.25, -0.2) is 8.42 Å². The SMILES string of the molecule is CN(CC1(O)CCCC1)S(=O)(=O)c1ccc(CN)cc1. The van der Waals surface area contributed by atoms with E-state index in [1.54, 1.807) is 24.3 Å². The Morgan fingerprint density at radius 3 is 2.30 bits per heavy atom. The summed E-state index contributed by atoms with van der Waals surface area (Å²) >= 11 is 0. The molecule has 20 heavy (non-hydrogen) atoms. The zero-order chi connectivity index (χ0) is 14.8. The van der Waals surface area contributed by atoms with E-state index in [0.717, 1.165) is 18.4 Å². The smallest absolute Gasteiger partial charge is 0.242 e. The molecule has 0 amide bonds. The first kappa shape index (κ1) is 15.4. The molecule has 0 aromatic heterocycles. The van der Waals surface area contributed by atoms with Gasteiger partial charge < -0.3 is 10.8 Å². The van der Waals surface area contributed by atoms with Crippen LogP contribution in [0, 0.1) is 0 Å². The highest BCUT2D eigenvalue weighted by Gasteiger charge is 2.35. The molecule has 1 aromatic rings. The summed E-state index contributed by atoms with van der Waals surface area (Å²) < 4.78 is 26.1. The second kappa shape index (κ2) is 5.81. The van der Waals surface area contributed by atoms with Gasteiger partial charge in [-0.3, -0.25) is 0 Å². The Kier molecular flexibility index (Phi) is 4.49. The lowest BCUT2D eigenvalue weighted by atomic mass is 10.0. The van der Waals surface area contributed by atoms with Crippen LogP contribution in [0.4, 0.5) is 0 Å². The highest BCUT2D eigenvalue weighted by atomic mass is 32.2. The molecule has 0 spiro atoms. The second-order valence-corrected chi connectivity index (χ2v) is 7.59. The minimum atomic E-state index is -3.56. The number of hydrogen-bond donors (Lipinski definition) is 2. The van der Waals surface area contributed by atoms with Gasteiger partial charge in [0.1, 0.15) is 0 Å². The summed E-state index contributed by atoms with van der Waals surface area (Å²) in [7, 11) is -2.04. The van der Waals surface area contributed by atoms with Gasteiger partial charge in [-0.1, -0.05) is 25.0 Å². The highest BCUT2D eigenvalue weighted by Crippen LogP contribution is 2.31. The number of nitrogens with two attached hydrogens (primary N) is 1. The molecule has 0 bridgehead atoms. The predicted molar refractivity (Wildman–Crippen MR) is 77.6 cm³/mol. The monoisotopic (exact) mass is 298 g/mol. The number of benzene rings is 1. The molecule has 2 rings (SSSR count). The van der Waals surface area contributed by atoms with E-state index in [1.165, 1.54) is 11.4 Å². The molecule has 0 radical (unpaired) electrons. The van der Waals surface area contributed by atoms with Gasteiger partial charge in [0, 0.05) is 20.1 Å². The molecule has 0 atom stereocenters. The van der Waals surface area contributed by atoms with Crippen molar-refractivity contribution in [3.05, 3.63) is 29.8 Å². The molecule has 1 fully saturated rings. The molecule has 0 saturated heterocycles. The van der Waals surface area contributed by atoms with Crippen LogP contribution in [0.5, 0.6) is 0 Å². The van der Waals surface area contributed by atoms with Gasteiger partial charge in [-0.15, -0.1) is 0 Å². The van der Waals surface area contributed by atoms with Crippen molar-refractivity contribution >= 4 is 10.0 Å². The van der Waals surface area contributed by atoms with Crippen LogP contribution in [-0.4, -0.2) is 37.0 Å². The number of rotatable bonds is 5. The first-order valence-corrected chi connectivity index (χ1v) is 8.29. The molecular weight excluding hydrogens is 276 g/mol. The third-order valence-corrected chi connectivity index (χ3v) is 5.74. The van der Waals surface area contributed by atoms with Gasteiger partial charge in [0.15, 0.2) is 0 Å². The molecule has 112 valence electrons. The number of sulfonamides is 1. The van der Waals surface area contributed by atoms with Crippen LogP contribution in [0.3, 0.4) is 0 Å². The third kappa shape index (κ3) is 3.20. The largest absolute Gasteiger partial charge is 0.389 e. The lowest BCUT2D eigenvalue weighted by molar-refractivity contribution is 0.0333. The zero-order valence-electron chi connectivity index (χ0n) is 11.7. The minimum Gasteiger partial charge on any atom is -0.389 e. The topological polar surface area (TPSA) is 83.6 Å². The van der Waals surface area contributed by atoms with E-state index in [2.05, 4.69) is 0 Å². The molecule has 0 aliphatic heterocycles. The van der Waals surface area contributed by atoms with Crippen molar-refractivity contribution in [1.82, 2.24) is 4.31 Å². The Bertz CT molecular complexity index is 548. The van der Waals surface area contributed by atoms with Crippen molar-refractivity contribution in [2.45, 2.75) is 42.7 Å². The average molecular weight is 298 g/mol. The maximum Gasteiger partial charge on any atom is 0.242 e. The number of aliphatic hydroxyl groups is 1. The van der Waals surface area contributed by atoms with E-state index in [-0.39, 0.29) is 11.4 Å². The van der Waals surface area contributed by atoms with Crippen molar-refractivity contribution in [2.75, 3.05) is 13.6 Å². The van der Waals surface area contributed by atoms with Gasteiger partial charge in [0.25, 0.3) is 0 Å². The van der Waals surface area contributed by atoms with E-state index >= 15 is 0 Å².